The summed E-state index contributed by atoms with van der Waals surface area (Å²) in [4.78, 5) is 35.7. The number of benzene rings is 3. The van der Waals surface area contributed by atoms with Crippen LogP contribution in [0, 0.1) is 0 Å². The average Bonchev–Trinajstić information content (AvgIpc) is 3.07. The second-order valence-electron chi connectivity index (χ2n) is 10.3. The van der Waals surface area contributed by atoms with Crippen molar-refractivity contribution in [2.45, 2.75) is 52.1 Å². The van der Waals surface area contributed by atoms with Crippen LogP contribution >= 0.6 is 0 Å². The molecule has 3 aromatic rings. The fourth-order valence-electron chi connectivity index (χ4n) is 4.41. The number of hydrogen-bond acceptors (Lipinski definition) is 8. The van der Waals surface area contributed by atoms with Gasteiger partial charge in [-0.15, -0.1) is 0 Å². The van der Waals surface area contributed by atoms with Gasteiger partial charge in [-0.05, 0) is 84.3 Å². The van der Waals surface area contributed by atoms with E-state index in [1.54, 1.807) is 24.3 Å². The Balaban J connectivity index is 1.42. The van der Waals surface area contributed by atoms with Crippen LogP contribution in [0.15, 0.2) is 92.0 Å². The van der Waals surface area contributed by atoms with Gasteiger partial charge >= 0.3 is 17.9 Å². The van der Waals surface area contributed by atoms with E-state index in [1.165, 1.54) is 5.56 Å². The Bertz CT molecular complexity index is 1410. The molecule has 0 saturated carbocycles. The molecular formula is C37H42O8. The third-order valence-electron chi connectivity index (χ3n) is 6.84. The van der Waals surface area contributed by atoms with Crippen LogP contribution in [0.25, 0.3) is 11.1 Å². The molecule has 0 bridgehead atoms. The highest BCUT2D eigenvalue weighted by molar-refractivity contribution is 5.91. The zero-order valence-electron chi connectivity index (χ0n) is 26.1. The number of carbonyl (C=O) groups is 3. The summed E-state index contributed by atoms with van der Waals surface area (Å²) in [7, 11) is 0. The zero-order chi connectivity index (χ0) is 32.4. The molecular weight excluding hydrogens is 572 g/mol. The number of hydrogen-bond donors (Lipinski definition) is 0. The van der Waals surface area contributed by atoms with Gasteiger partial charge in [0, 0.05) is 18.8 Å². The van der Waals surface area contributed by atoms with Crippen molar-refractivity contribution in [1.29, 1.82) is 0 Å². The predicted octanol–water partition coefficient (Wildman–Crippen LogP) is 7.09. The number of aryl methyl sites for hydroxylation is 2. The number of carbonyl (C=O) groups excluding carboxylic acids is 3. The molecule has 8 heteroatoms. The van der Waals surface area contributed by atoms with Crippen LogP contribution in [-0.2, 0) is 36.6 Å². The Hall–Kier alpha value is -4.69. The van der Waals surface area contributed by atoms with E-state index in [2.05, 4.69) is 50.4 Å². The molecule has 8 nitrogen and oxygen atoms in total. The molecule has 238 valence electrons. The van der Waals surface area contributed by atoms with E-state index in [-0.39, 0.29) is 13.2 Å². The Morgan fingerprint density at radius 3 is 2.16 bits per heavy atom. The van der Waals surface area contributed by atoms with E-state index in [0.717, 1.165) is 48.1 Å². The molecule has 0 aliphatic carbocycles. The highest BCUT2D eigenvalue weighted by Gasteiger charge is 2.16. The summed E-state index contributed by atoms with van der Waals surface area (Å²) in [5.74, 6) is -0.483. The van der Waals surface area contributed by atoms with Crippen LogP contribution in [0.1, 0.15) is 54.6 Å². The second-order valence-corrected chi connectivity index (χ2v) is 10.3. The van der Waals surface area contributed by atoms with E-state index in [9.17, 15) is 14.4 Å². The van der Waals surface area contributed by atoms with Gasteiger partial charge < -0.3 is 23.7 Å². The molecule has 0 saturated heterocycles. The Morgan fingerprint density at radius 1 is 0.800 bits per heavy atom. The molecule has 1 unspecified atom stereocenters. The summed E-state index contributed by atoms with van der Waals surface area (Å²) in [5, 5.41) is 0. The highest BCUT2D eigenvalue weighted by Crippen LogP contribution is 2.28. The van der Waals surface area contributed by atoms with Gasteiger partial charge in [0.2, 0.25) is 0 Å². The van der Waals surface area contributed by atoms with Crippen molar-refractivity contribution in [3.63, 3.8) is 0 Å². The van der Waals surface area contributed by atoms with Crippen molar-refractivity contribution in [3.05, 3.63) is 109 Å². The van der Waals surface area contributed by atoms with E-state index in [4.69, 9.17) is 23.7 Å². The molecule has 45 heavy (non-hydrogen) atoms. The van der Waals surface area contributed by atoms with Gasteiger partial charge in [-0.1, -0.05) is 63.8 Å². The summed E-state index contributed by atoms with van der Waals surface area (Å²) >= 11 is 0. The van der Waals surface area contributed by atoms with Crippen LogP contribution < -0.4 is 9.47 Å². The molecule has 0 fully saturated rings. The van der Waals surface area contributed by atoms with Gasteiger partial charge in [-0.25, -0.2) is 14.4 Å². The minimum Gasteiger partial charge on any atom is -0.494 e. The number of ether oxygens (including phenoxy) is 5. The molecule has 0 spiro atoms. The molecule has 0 aliphatic rings. The van der Waals surface area contributed by atoms with Crippen LogP contribution in [0.3, 0.4) is 0 Å². The van der Waals surface area contributed by atoms with Gasteiger partial charge in [-0.2, -0.15) is 0 Å². The van der Waals surface area contributed by atoms with Gasteiger partial charge in [0.15, 0.2) is 6.10 Å². The maximum absolute atomic E-state index is 12.9. The standard InChI is InChI=1S/C37H42O8/c1-5-11-27-12-14-29(15-13-27)31-18-21-34(28(6-2)24-31)45-37(40)30-16-19-32(20-17-30)42-23-10-9-22-41-25-33(44-36(39)8-4)26-43-35(38)7-3/h7-8,12-21,24,33H,3-6,9-11,22-23,25-26H2,1-2H3. The van der Waals surface area contributed by atoms with Crippen molar-refractivity contribution in [3.8, 4) is 22.6 Å². The minimum absolute atomic E-state index is 0.0687. The quantitative estimate of drug-likeness (QED) is 0.0611. The minimum atomic E-state index is -0.748. The Morgan fingerprint density at radius 2 is 1.49 bits per heavy atom. The number of esters is 3. The van der Waals surface area contributed by atoms with Crippen LogP contribution in [-0.4, -0.2) is 50.4 Å². The third-order valence-corrected chi connectivity index (χ3v) is 6.84. The Labute approximate surface area is 265 Å². The SMILES string of the molecule is C=CC(=O)OCC(COCCCCOc1ccc(C(=O)Oc2ccc(-c3ccc(CCC)cc3)cc2CC)cc1)OC(=O)C=C. The first-order chi connectivity index (χ1) is 21.9. The first kappa shape index (κ1) is 34.8. The van der Waals surface area contributed by atoms with Crippen molar-refractivity contribution in [2.24, 2.45) is 0 Å². The van der Waals surface area contributed by atoms with Gasteiger partial charge in [-0.3, -0.25) is 0 Å². The van der Waals surface area contributed by atoms with E-state index in [1.807, 2.05) is 19.1 Å². The van der Waals surface area contributed by atoms with Crippen molar-refractivity contribution in [1.82, 2.24) is 0 Å². The maximum atomic E-state index is 12.9. The zero-order valence-corrected chi connectivity index (χ0v) is 26.1. The summed E-state index contributed by atoms with van der Waals surface area (Å²) in [6, 6.07) is 21.4. The molecule has 3 rings (SSSR count). The lowest BCUT2D eigenvalue weighted by atomic mass is 9.99. The maximum Gasteiger partial charge on any atom is 0.343 e. The first-order valence-corrected chi connectivity index (χ1v) is 15.2. The topological polar surface area (TPSA) is 97.4 Å². The monoisotopic (exact) mass is 614 g/mol. The van der Waals surface area contributed by atoms with Crippen molar-refractivity contribution in [2.75, 3.05) is 26.4 Å². The van der Waals surface area contributed by atoms with E-state index < -0.39 is 24.0 Å². The molecule has 0 aliphatic heterocycles. The van der Waals surface area contributed by atoms with Crippen molar-refractivity contribution < 1.29 is 38.1 Å². The second kappa shape index (κ2) is 18.9. The third kappa shape index (κ3) is 11.7. The van der Waals surface area contributed by atoms with Crippen LogP contribution in [0.2, 0.25) is 0 Å². The fourth-order valence-corrected chi connectivity index (χ4v) is 4.41. The molecule has 0 aromatic heterocycles. The largest absolute Gasteiger partial charge is 0.494 e. The normalized spacial score (nSPS) is 11.2. The fraction of sp³-hybridized carbons (Fsp3) is 0.324. The lowest BCUT2D eigenvalue weighted by Gasteiger charge is -2.17. The number of unbranched alkanes of at least 4 members (excludes halogenated alkanes) is 1. The highest BCUT2D eigenvalue weighted by atomic mass is 16.6. The van der Waals surface area contributed by atoms with Crippen LogP contribution in [0.5, 0.6) is 11.5 Å². The van der Waals surface area contributed by atoms with Crippen LogP contribution in [0.4, 0.5) is 0 Å². The molecule has 0 amide bonds. The smallest absolute Gasteiger partial charge is 0.343 e. The summed E-state index contributed by atoms with van der Waals surface area (Å²) in [6.07, 6.45) is 5.64. The van der Waals surface area contributed by atoms with Gasteiger partial charge in [0.1, 0.15) is 18.1 Å². The average molecular weight is 615 g/mol. The van der Waals surface area contributed by atoms with Gasteiger partial charge in [0.05, 0.1) is 18.8 Å². The summed E-state index contributed by atoms with van der Waals surface area (Å²) in [6.45, 7) is 11.7. The van der Waals surface area contributed by atoms with E-state index in [0.29, 0.717) is 43.1 Å². The van der Waals surface area contributed by atoms with Crippen molar-refractivity contribution >= 4 is 17.9 Å². The predicted molar refractivity (Wildman–Crippen MR) is 173 cm³/mol. The molecule has 0 heterocycles. The summed E-state index contributed by atoms with van der Waals surface area (Å²) in [5.41, 5.74) is 4.94. The lowest BCUT2D eigenvalue weighted by molar-refractivity contribution is -0.156. The lowest BCUT2D eigenvalue weighted by Crippen LogP contribution is -2.29. The van der Waals surface area contributed by atoms with Gasteiger partial charge in [0.25, 0.3) is 0 Å². The molecule has 0 radical (unpaired) electrons. The Kier molecular flexibility index (Phi) is 14.6. The molecule has 0 N–H and O–H groups in total. The summed E-state index contributed by atoms with van der Waals surface area (Å²) < 4.78 is 27.2. The molecule has 3 aromatic carbocycles. The first-order valence-electron chi connectivity index (χ1n) is 15.2. The van der Waals surface area contributed by atoms with E-state index >= 15 is 0 Å². The molecule has 1 atom stereocenters. The number of rotatable bonds is 19.